The second-order valence-electron chi connectivity index (χ2n) is 5.07. The Bertz CT molecular complexity index is 661. The molecule has 1 atom stereocenters. The smallest absolute Gasteiger partial charge is 0.316 e. The molecule has 1 aliphatic rings. The van der Waals surface area contributed by atoms with Gasteiger partial charge in [-0.15, -0.1) is 11.3 Å². The van der Waals surface area contributed by atoms with Crippen molar-refractivity contribution in [2.24, 2.45) is 0 Å². The van der Waals surface area contributed by atoms with Crippen LogP contribution in [0.5, 0.6) is 6.01 Å². The number of rotatable bonds is 3. The van der Waals surface area contributed by atoms with E-state index in [-0.39, 0.29) is 12.0 Å². The van der Waals surface area contributed by atoms with Crippen LogP contribution in [0.4, 0.5) is 0 Å². The molecule has 0 aromatic carbocycles. The lowest BCUT2D eigenvalue weighted by molar-refractivity contribution is 0.0511. The monoisotopic (exact) mass is 382 g/mol. The Labute approximate surface area is 140 Å². The quantitative estimate of drug-likeness (QED) is 0.815. The van der Waals surface area contributed by atoms with Crippen LogP contribution in [0.2, 0.25) is 0 Å². The molecule has 0 bridgehead atoms. The van der Waals surface area contributed by atoms with Gasteiger partial charge < -0.3 is 9.64 Å². The molecule has 0 saturated carbocycles. The first-order chi connectivity index (χ1) is 10.6. The summed E-state index contributed by atoms with van der Waals surface area (Å²) in [7, 11) is 0. The van der Waals surface area contributed by atoms with Crippen LogP contribution in [-0.4, -0.2) is 45.0 Å². The Hall–Kier alpha value is -1.54. The Morgan fingerprint density at radius 3 is 2.91 bits per heavy atom. The van der Waals surface area contributed by atoms with E-state index in [1.54, 1.807) is 22.7 Å². The molecule has 0 spiro atoms. The van der Waals surface area contributed by atoms with Gasteiger partial charge in [-0.1, -0.05) is 0 Å². The molecule has 3 rings (SSSR count). The molecule has 1 amide bonds. The van der Waals surface area contributed by atoms with Gasteiger partial charge in [0.1, 0.15) is 11.8 Å². The fourth-order valence-electron chi connectivity index (χ4n) is 2.35. The zero-order valence-electron chi connectivity index (χ0n) is 12.0. The van der Waals surface area contributed by atoms with Crippen molar-refractivity contribution in [2.75, 3.05) is 13.1 Å². The minimum atomic E-state index is -0.0846. The summed E-state index contributed by atoms with van der Waals surface area (Å²) in [5.41, 5.74) is 0.517. The van der Waals surface area contributed by atoms with E-state index in [0.717, 1.165) is 28.9 Å². The maximum Gasteiger partial charge on any atom is 0.316 e. The SMILES string of the molecule is Cc1nc(C(=O)N2CCCC(Oc3ncc(Br)cn3)C2)cs1. The number of nitrogens with zero attached hydrogens (tertiary/aromatic N) is 4. The lowest BCUT2D eigenvalue weighted by Crippen LogP contribution is -2.44. The summed E-state index contributed by atoms with van der Waals surface area (Å²) in [6.45, 7) is 3.17. The summed E-state index contributed by atoms with van der Waals surface area (Å²) in [6, 6.07) is 0.340. The molecule has 0 radical (unpaired) electrons. The maximum atomic E-state index is 12.4. The van der Waals surface area contributed by atoms with E-state index in [2.05, 4.69) is 30.9 Å². The van der Waals surface area contributed by atoms with Crippen molar-refractivity contribution in [2.45, 2.75) is 25.9 Å². The van der Waals surface area contributed by atoms with Gasteiger partial charge in [-0.05, 0) is 35.7 Å². The molecule has 6 nitrogen and oxygen atoms in total. The number of hydrogen-bond acceptors (Lipinski definition) is 6. The molecular formula is C14H15BrN4O2S. The van der Waals surface area contributed by atoms with E-state index >= 15 is 0 Å². The molecular weight excluding hydrogens is 368 g/mol. The molecule has 2 aromatic heterocycles. The average Bonchev–Trinajstić information content (AvgIpc) is 2.96. The third-order valence-electron chi connectivity index (χ3n) is 3.37. The number of halogens is 1. The van der Waals surface area contributed by atoms with Crippen LogP contribution < -0.4 is 4.74 Å². The number of aryl methyl sites for hydroxylation is 1. The lowest BCUT2D eigenvalue weighted by atomic mass is 10.1. The van der Waals surface area contributed by atoms with Crippen molar-refractivity contribution >= 4 is 33.2 Å². The van der Waals surface area contributed by atoms with E-state index in [9.17, 15) is 4.79 Å². The second kappa shape index (κ2) is 6.70. The fourth-order valence-corrected chi connectivity index (χ4v) is 3.14. The first kappa shape index (κ1) is 15.4. The number of piperidine rings is 1. The Kier molecular flexibility index (Phi) is 4.68. The number of thiazole rings is 1. The first-order valence-electron chi connectivity index (χ1n) is 6.97. The van der Waals surface area contributed by atoms with E-state index < -0.39 is 0 Å². The normalized spacial score (nSPS) is 18.3. The third kappa shape index (κ3) is 3.61. The average molecular weight is 383 g/mol. The van der Waals surface area contributed by atoms with Crippen molar-refractivity contribution in [3.8, 4) is 6.01 Å². The minimum Gasteiger partial charge on any atom is -0.458 e. The van der Waals surface area contributed by atoms with Gasteiger partial charge in [0.15, 0.2) is 0 Å². The van der Waals surface area contributed by atoms with Crippen LogP contribution in [-0.2, 0) is 0 Å². The summed E-state index contributed by atoms with van der Waals surface area (Å²) >= 11 is 4.77. The van der Waals surface area contributed by atoms with Crippen molar-refractivity contribution in [1.29, 1.82) is 0 Å². The summed E-state index contributed by atoms with van der Waals surface area (Å²) in [5, 5.41) is 2.70. The molecule has 2 aromatic rings. The number of carbonyl (C=O) groups excluding carboxylic acids is 1. The molecule has 8 heteroatoms. The highest BCUT2D eigenvalue weighted by Gasteiger charge is 2.27. The number of hydrogen-bond donors (Lipinski definition) is 0. The van der Waals surface area contributed by atoms with Crippen LogP contribution in [0, 0.1) is 6.92 Å². The molecule has 1 aliphatic heterocycles. The van der Waals surface area contributed by atoms with Gasteiger partial charge in [-0.3, -0.25) is 4.79 Å². The van der Waals surface area contributed by atoms with E-state index in [1.807, 2.05) is 6.92 Å². The van der Waals surface area contributed by atoms with Gasteiger partial charge in [-0.25, -0.2) is 15.0 Å². The molecule has 1 saturated heterocycles. The summed E-state index contributed by atoms with van der Waals surface area (Å²) in [6.07, 6.45) is 4.99. The lowest BCUT2D eigenvalue weighted by Gasteiger charge is -2.31. The number of carbonyl (C=O) groups is 1. The van der Waals surface area contributed by atoms with Crippen LogP contribution in [0.1, 0.15) is 28.3 Å². The van der Waals surface area contributed by atoms with E-state index in [0.29, 0.717) is 18.2 Å². The number of aromatic nitrogens is 3. The molecule has 0 aliphatic carbocycles. The Morgan fingerprint density at radius 1 is 1.45 bits per heavy atom. The molecule has 22 heavy (non-hydrogen) atoms. The Morgan fingerprint density at radius 2 is 2.23 bits per heavy atom. The van der Waals surface area contributed by atoms with E-state index in [1.165, 1.54) is 11.3 Å². The predicted octanol–water partition coefficient (Wildman–Crippen LogP) is 2.69. The van der Waals surface area contributed by atoms with Gasteiger partial charge in [0.25, 0.3) is 5.91 Å². The summed E-state index contributed by atoms with van der Waals surface area (Å²) in [4.78, 5) is 26.7. The van der Waals surface area contributed by atoms with Crippen LogP contribution >= 0.6 is 27.3 Å². The van der Waals surface area contributed by atoms with Gasteiger partial charge >= 0.3 is 6.01 Å². The van der Waals surface area contributed by atoms with Crippen molar-refractivity contribution in [3.63, 3.8) is 0 Å². The number of amides is 1. The Balaban J connectivity index is 1.63. The predicted molar refractivity (Wildman–Crippen MR) is 86.1 cm³/mol. The van der Waals surface area contributed by atoms with Crippen molar-refractivity contribution in [1.82, 2.24) is 19.9 Å². The van der Waals surface area contributed by atoms with Gasteiger partial charge in [-0.2, -0.15) is 0 Å². The standard InChI is InChI=1S/C14H15BrN4O2S/c1-9-18-12(8-22-9)13(20)19-4-2-3-11(7-19)21-14-16-5-10(15)6-17-14/h5-6,8,11H,2-4,7H2,1H3. The maximum absolute atomic E-state index is 12.4. The number of likely N-dealkylation sites (tertiary alicyclic amines) is 1. The van der Waals surface area contributed by atoms with Crippen molar-refractivity contribution in [3.05, 3.63) is 32.9 Å². The molecule has 1 unspecified atom stereocenters. The highest BCUT2D eigenvalue weighted by atomic mass is 79.9. The topological polar surface area (TPSA) is 68.2 Å². The summed E-state index contributed by atoms with van der Waals surface area (Å²) < 4.78 is 6.58. The largest absolute Gasteiger partial charge is 0.458 e. The zero-order chi connectivity index (χ0) is 15.5. The third-order valence-corrected chi connectivity index (χ3v) is 4.56. The summed E-state index contributed by atoms with van der Waals surface area (Å²) in [5.74, 6) is -0.0330. The van der Waals surface area contributed by atoms with Crippen LogP contribution in [0.25, 0.3) is 0 Å². The van der Waals surface area contributed by atoms with Crippen molar-refractivity contribution < 1.29 is 9.53 Å². The fraction of sp³-hybridized carbons (Fsp3) is 0.429. The highest BCUT2D eigenvalue weighted by Crippen LogP contribution is 2.19. The molecule has 116 valence electrons. The second-order valence-corrected chi connectivity index (χ2v) is 7.05. The van der Waals surface area contributed by atoms with Gasteiger partial charge in [0.2, 0.25) is 0 Å². The van der Waals surface area contributed by atoms with Gasteiger partial charge in [0.05, 0.1) is 16.0 Å². The number of ether oxygens (including phenoxy) is 1. The van der Waals surface area contributed by atoms with Gasteiger partial charge in [0, 0.05) is 24.3 Å². The first-order valence-corrected chi connectivity index (χ1v) is 8.64. The molecule has 0 N–H and O–H groups in total. The molecule has 3 heterocycles. The van der Waals surface area contributed by atoms with E-state index in [4.69, 9.17) is 4.74 Å². The van der Waals surface area contributed by atoms with Crippen LogP contribution in [0.3, 0.4) is 0 Å². The minimum absolute atomic E-state index is 0.0330. The zero-order valence-corrected chi connectivity index (χ0v) is 14.4. The van der Waals surface area contributed by atoms with Crippen LogP contribution in [0.15, 0.2) is 22.2 Å². The molecule has 1 fully saturated rings. The highest BCUT2D eigenvalue weighted by molar-refractivity contribution is 9.10.